The fourth-order valence-electron chi connectivity index (χ4n) is 2.18. The van der Waals surface area contributed by atoms with Crippen molar-refractivity contribution in [1.29, 1.82) is 0 Å². The third-order valence-electron chi connectivity index (χ3n) is 3.53. The van der Waals surface area contributed by atoms with Gasteiger partial charge in [0.05, 0.1) is 24.0 Å². The van der Waals surface area contributed by atoms with E-state index >= 15 is 0 Å². The van der Waals surface area contributed by atoms with E-state index in [0.717, 1.165) is 11.3 Å². The molecule has 1 N–H and O–H groups in total. The molecule has 24 heavy (non-hydrogen) atoms. The van der Waals surface area contributed by atoms with Gasteiger partial charge in [0, 0.05) is 6.26 Å². The van der Waals surface area contributed by atoms with E-state index in [9.17, 15) is 13.2 Å². The number of amides is 1. The molecule has 1 unspecified atom stereocenters. The summed E-state index contributed by atoms with van der Waals surface area (Å²) in [5.41, 5.74) is 0.847. The Balaban J connectivity index is 1.83. The van der Waals surface area contributed by atoms with Crippen molar-refractivity contribution in [3.63, 3.8) is 0 Å². The Morgan fingerprint density at radius 3 is 2.29 bits per heavy atom. The summed E-state index contributed by atoms with van der Waals surface area (Å²) in [5, 5.41) is 2.87. The molecule has 5 nitrogen and oxygen atoms in total. The molecule has 0 saturated carbocycles. The van der Waals surface area contributed by atoms with E-state index in [0.29, 0.717) is 6.61 Å². The van der Waals surface area contributed by atoms with Gasteiger partial charge < -0.3 is 10.1 Å². The normalized spacial score (nSPS) is 12.4. The lowest BCUT2D eigenvalue weighted by atomic mass is 10.1. The summed E-state index contributed by atoms with van der Waals surface area (Å²) >= 11 is 0. The predicted molar refractivity (Wildman–Crippen MR) is 92.7 cm³/mol. The van der Waals surface area contributed by atoms with Crippen LogP contribution in [0, 0.1) is 0 Å². The number of nitrogens with one attached hydrogen (secondary N) is 1. The average Bonchev–Trinajstić information content (AvgIpc) is 2.55. The van der Waals surface area contributed by atoms with Gasteiger partial charge in [0.1, 0.15) is 5.75 Å². The summed E-state index contributed by atoms with van der Waals surface area (Å²) in [6.07, 6.45) is 1.42. The van der Waals surface area contributed by atoms with Gasteiger partial charge in [-0.2, -0.15) is 0 Å². The smallest absolute Gasteiger partial charge is 0.223 e. The molecule has 0 aliphatic rings. The topological polar surface area (TPSA) is 72.5 Å². The van der Waals surface area contributed by atoms with Crippen LogP contribution >= 0.6 is 0 Å². The number of carbonyl (C=O) groups excluding carboxylic acids is 1. The first kappa shape index (κ1) is 18.0. The van der Waals surface area contributed by atoms with Crippen LogP contribution in [0.2, 0.25) is 0 Å². The van der Waals surface area contributed by atoms with Gasteiger partial charge in [0.15, 0.2) is 9.84 Å². The Morgan fingerprint density at radius 1 is 1.08 bits per heavy atom. The van der Waals surface area contributed by atoms with Gasteiger partial charge in [0.2, 0.25) is 5.91 Å². The van der Waals surface area contributed by atoms with Crippen LogP contribution in [0.15, 0.2) is 59.5 Å². The SMILES string of the molecule is CC(NC(=O)CCOc1ccccc1)c1ccc(S(C)(=O)=O)cc1. The molecule has 2 aromatic carbocycles. The fraction of sp³-hybridized carbons (Fsp3) is 0.278. The van der Waals surface area contributed by atoms with Crippen LogP contribution in [-0.4, -0.2) is 27.2 Å². The van der Waals surface area contributed by atoms with Crippen molar-refractivity contribution in [3.05, 3.63) is 60.2 Å². The molecule has 0 bridgehead atoms. The molecule has 0 aromatic heterocycles. The molecule has 1 atom stereocenters. The number of sulfone groups is 1. The molecule has 6 heteroatoms. The highest BCUT2D eigenvalue weighted by Gasteiger charge is 2.12. The summed E-state index contributed by atoms with van der Waals surface area (Å²) in [6, 6.07) is 15.6. The van der Waals surface area contributed by atoms with Crippen LogP contribution in [0.1, 0.15) is 24.9 Å². The number of ether oxygens (including phenoxy) is 1. The molecular formula is C18H21NO4S. The maximum Gasteiger partial charge on any atom is 0.223 e. The second kappa shape index (κ2) is 7.97. The van der Waals surface area contributed by atoms with Crippen LogP contribution < -0.4 is 10.1 Å². The molecule has 0 heterocycles. The highest BCUT2D eigenvalue weighted by molar-refractivity contribution is 7.90. The average molecular weight is 347 g/mol. The monoisotopic (exact) mass is 347 g/mol. The molecular weight excluding hydrogens is 326 g/mol. The summed E-state index contributed by atoms with van der Waals surface area (Å²) < 4.78 is 28.4. The van der Waals surface area contributed by atoms with Gasteiger partial charge in [-0.3, -0.25) is 4.79 Å². The molecule has 128 valence electrons. The van der Waals surface area contributed by atoms with Crippen molar-refractivity contribution in [1.82, 2.24) is 5.32 Å². The van der Waals surface area contributed by atoms with Crippen LogP contribution in [0.3, 0.4) is 0 Å². The van der Waals surface area contributed by atoms with Gasteiger partial charge in [-0.05, 0) is 36.8 Å². The van der Waals surface area contributed by atoms with Crippen molar-refractivity contribution < 1.29 is 17.9 Å². The summed E-state index contributed by atoms with van der Waals surface area (Å²) in [4.78, 5) is 12.2. The number of para-hydroxylation sites is 1. The standard InChI is InChI=1S/C18H21NO4S/c1-14(15-8-10-17(11-9-15)24(2,21)22)19-18(20)12-13-23-16-6-4-3-5-7-16/h3-11,14H,12-13H2,1-2H3,(H,19,20). The Hall–Kier alpha value is -2.34. The first-order valence-electron chi connectivity index (χ1n) is 7.63. The lowest BCUT2D eigenvalue weighted by Crippen LogP contribution is -2.27. The van der Waals surface area contributed by atoms with E-state index in [1.54, 1.807) is 24.3 Å². The van der Waals surface area contributed by atoms with E-state index in [-0.39, 0.29) is 23.3 Å². The molecule has 1 amide bonds. The Morgan fingerprint density at radius 2 is 1.71 bits per heavy atom. The molecule has 0 spiro atoms. The van der Waals surface area contributed by atoms with Crippen molar-refractivity contribution in [2.75, 3.05) is 12.9 Å². The Kier molecular flexibility index (Phi) is 5.98. The third kappa shape index (κ3) is 5.38. The van der Waals surface area contributed by atoms with Crippen LogP contribution in [0.25, 0.3) is 0 Å². The number of rotatable bonds is 7. The van der Waals surface area contributed by atoms with Gasteiger partial charge in [-0.25, -0.2) is 8.42 Å². The zero-order valence-electron chi connectivity index (χ0n) is 13.7. The zero-order chi connectivity index (χ0) is 17.6. The molecule has 0 radical (unpaired) electrons. The minimum atomic E-state index is -3.21. The van der Waals surface area contributed by atoms with E-state index < -0.39 is 9.84 Å². The highest BCUT2D eigenvalue weighted by Crippen LogP contribution is 2.16. The number of hydrogen-bond acceptors (Lipinski definition) is 4. The quantitative estimate of drug-likeness (QED) is 0.836. The molecule has 0 aliphatic heterocycles. The van der Waals surface area contributed by atoms with E-state index in [4.69, 9.17) is 4.74 Å². The van der Waals surface area contributed by atoms with E-state index in [1.807, 2.05) is 37.3 Å². The zero-order valence-corrected chi connectivity index (χ0v) is 14.5. The number of carbonyl (C=O) groups is 1. The molecule has 0 aliphatic carbocycles. The Labute approximate surface area is 142 Å². The van der Waals surface area contributed by atoms with Gasteiger partial charge in [-0.1, -0.05) is 30.3 Å². The van der Waals surface area contributed by atoms with E-state index in [2.05, 4.69) is 5.32 Å². The van der Waals surface area contributed by atoms with Gasteiger partial charge >= 0.3 is 0 Å². The summed E-state index contributed by atoms with van der Waals surface area (Å²) in [5.74, 6) is 0.611. The van der Waals surface area contributed by atoms with Crippen LogP contribution in [0.4, 0.5) is 0 Å². The molecule has 2 rings (SSSR count). The Bertz CT molecular complexity index is 770. The lowest BCUT2D eigenvalue weighted by Gasteiger charge is -2.15. The number of hydrogen-bond donors (Lipinski definition) is 1. The van der Waals surface area contributed by atoms with Crippen molar-refractivity contribution in [3.8, 4) is 5.75 Å². The van der Waals surface area contributed by atoms with Crippen LogP contribution in [0.5, 0.6) is 5.75 Å². The van der Waals surface area contributed by atoms with E-state index in [1.165, 1.54) is 6.26 Å². The predicted octanol–water partition coefficient (Wildman–Crippen LogP) is 2.74. The van der Waals surface area contributed by atoms with Crippen molar-refractivity contribution in [2.45, 2.75) is 24.3 Å². The second-order valence-corrected chi connectivity index (χ2v) is 7.56. The molecule has 2 aromatic rings. The van der Waals surface area contributed by atoms with Crippen molar-refractivity contribution >= 4 is 15.7 Å². The van der Waals surface area contributed by atoms with Crippen molar-refractivity contribution in [2.24, 2.45) is 0 Å². The van der Waals surface area contributed by atoms with Gasteiger partial charge in [0.25, 0.3) is 0 Å². The first-order chi connectivity index (χ1) is 11.4. The summed E-state index contributed by atoms with van der Waals surface area (Å²) in [7, 11) is -3.21. The number of benzene rings is 2. The third-order valence-corrected chi connectivity index (χ3v) is 4.66. The highest BCUT2D eigenvalue weighted by atomic mass is 32.2. The maximum atomic E-state index is 12.0. The second-order valence-electron chi connectivity index (χ2n) is 5.54. The fourth-order valence-corrected chi connectivity index (χ4v) is 2.81. The van der Waals surface area contributed by atoms with Crippen LogP contribution in [-0.2, 0) is 14.6 Å². The minimum Gasteiger partial charge on any atom is -0.493 e. The largest absolute Gasteiger partial charge is 0.493 e. The molecule has 0 fully saturated rings. The maximum absolute atomic E-state index is 12.0. The minimum absolute atomic E-state index is 0.120. The first-order valence-corrected chi connectivity index (χ1v) is 9.52. The lowest BCUT2D eigenvalue weighted by molar-refractivity contribution is -0.122. The van der Waals surface area contributed by atoms with Gasteiger partial charge in [-0.15, -0.1) is 0 Å². The molecule has 0 saturated heterocycles. The summed E-state index contributed by atoms with van der Waals surface area (Å²) in [6.45, 7) is 2.15.